The van der Waals surface area contributed by atoms with Crippen molar-refractivity contribution in [3.05, 3.63) is 65.2 Å². The normalized spacial score (nSPS) is 14.0. The van der Waals surface area contributed by atoms with E-state index >= 15 is 0 Å². The maximum atomic E-state index is 13.4. The van der Waals surface area contributed by atoms with E-state index in [4.69, 9.17) is 21.1 Å². The largest absolute Gasteiger partial charge is 0.389 e. The summed E-state index contributed by atoms with van der Waals surface area (Å²) in [5, 5.41) is 35.2. The van der Waals surface area contributed by atoms with Gasteiger partial charge in [-0.15, -0.1) is 10.2 Å². The van der Waals surface area contributed by atoms with Crippen LogP contribution in [0.4, 0.5) is 5.69 Å². The number of halogens is 1. The molecule has 5 aromatic rings. The molecule has 0 saturated heterocycles. The fourth-order valence-corrected chi connectivity index (χ4v) is 4.84. The molecule has 218 valence electrons. The number of nitrogens with zero attached hydrogens (tertiary/aromatic N) is 8. The third kappa shape index (κ3) is 6.04. The number of hydrogen-bond donors (Lipinski definition) is 2. The van der Waals surface area contributed by atoms with Gasteiger partial charge in [0.2, 0.25) is 5.82 Å². The summed E-state index contributed by atoms with van der Waals surface area (Å²) in [5.41, 5.74) is 4.72. The van der Waals surface area contributed by atoms with Gasteiger partial charge < -0.3 is 19.9 Å². The van der Waals surface area contributed by atoms with Crippen molar-refractivity contribution in [2.24, 2.45) is 0 Å². The maximum absolute atomic E-state index is 13.4. The number of aryl methyl sites for hydroxylation is 1. The van der Waals surface area contributed by atoms with Crippen LogP contribution >= 0.6 is 11.6 Å². The number of amides is 1. The summed E-state index contributed by atoms with van der Waals surface area (Å²) in [6.45, 7) is 3.26. The smallest absolute Gasteiger partial charge is 0.259 e. The van der Waals surface area contributed by atoms with E-state index < -0.39 is 6.10 Å². The minimum Gasteiger partial charge on any atom is -0.389 e. The number of pyridine rings is 1. The second-order valence-electron chi connectivity index (χ2n) is 10.2. The zero-order valence-electron chi connectivity index (χ0n) is 23.1. The van der Waals surface area contributed by atoms with Crippen LogP contribution in [-0.4, -0.2) is 83.6 Å². The van der Waals surface area contributed by atoms with E-state index in [1.165, 1.54) is 6.20 Å². The zero-order chi connectivity index (χ0) is 29.2. The van der Waals surface area contributed by atoms with Crippen LogP contribution in [0.2, 0.25) is 5.02 Å². The van der Waals surface area contributed by atoms with E-state index in [0.29, 0.717) is 46.9 Å². The first-order valence-corrected chi connectivity index (χ1v) is 13.9. The van der Waals surface area contributed by atoms with Crippen molar-refractivity contribution >= 4 is 28.7 Å². The van der Waals surface area contributed by atoms with Gasteiger partial charge in [-0.1, -0.05) is 11.6 Å². The molecular weight excluding hydrogens is 562 g/mol. The third-order valence-corrected chi connectivity index (χ3v) is 7.29. The minimum atomic E-state index is -0.711. The Kier molecular flexibility index (Phi) is 7.98. The van der Waals surface area contributed by atoms with Crippen LogP contribution in [0, 0.1) is 6.92 Å². The van der Waals surface area contributed by atoms with Crippen molar-refractivity contribution in [3.63, 3.8) is 0 Å². The Bertz CT molecular complexity index is 1730. The van der Waals surface area contributed by atoms with Crippen molar-refractivity contribution < 1.29 is 19.4 Å². The fourth-order valence-electron chi connectivity index (χ4n) is 4.57. The Morgan fingerprint density at radius 1 is 1.19 bits per heavy atom. The molecule has 1 fully saturated rings. The van der Waals surface area contributed by atoms with Crippen LogP contribution in [0.5, 0.6) is 0 Å². The first-order chi connectivity index (χ1) is 20.4. The van der Waals surface area contributed by atoms with Crippen molar-refractivity contribution in [2.45, 2.75) is 38.5 Å². The molecule has 0 radical (unpaired) electrons. The van der Waals surface area contributed by atoms with E-state index in [9.17, 15) is 9.90 Å². The number of hydrogen-bond acceptors (Lipinski definition) is 9. The van der Waals surface area contributed by atoms with Gasteiger partial charge in [0.05, 0.1) is 72.7 Å². The second-order valence-corrected chi connectivity index (χ2v) is 10.6. The number of aliphatic hydroxyl groups is 1. The van der Waals surface area contributed by atoms with Crippen LogP contribution in [0.15, 0.2) is 49.1 Å². The molecule has 0 bridgehead atoms. The number of aromatic nitrogens is 8. The number of anilines is 1. The summed E-state index contributed by atoms with van der Waals surface area (Å²) in [4.78, 5) is 15.1. The van der Waals surface area contributed by atoms with E-state index in [1.807, 2.05) is 25.3 Å². The SMILES string of the molecule is COCCOC[C@@H](O)Cn1cc(-c2ccn3ncc(C(=O)Nc4cc(-c5nnn(C6CC6)n5)c(C)cc4Cl)c3c2)cn1. The van der Waals surface area contributed by atoms with Gasteiger partial charge >= 0.3 is 0 Å². The number of aliphatic hydroxyl groups excluding tert-OH is 1. The molecule has 13 nitrogen and oxygen atoms in total. The number of tetrazole rings is 1. The molecule has 14 heteroatoms. The second kappa shape index (κ2) is 12.0. The van der Waals surface area contributed by atoms with E-state index in [-0.39, 0.29) is 19.1 Å². The highest BCUT2D eigenvalue weighted by Gasteiger charge is 2.27. The van der Waals surface area contributed by atoms with E-state index in [2.05, 4.69) is 30.9 Å². The monoisotopic (exact) mass is 591 g/mol. The molecule has 1 aromatic carbocycles. The minimum absolute atomic E-state index is 0.183. The number of methoxy groups -OCH3 is 1. The third-order valence-electron chi connectivity index (χ3n) is 6.98. The Balaban J connectivity index is 1.19. The van der Waals surface area contributed by atoms with Crippen LogP contribution in [0.25, 0.3) is 28.0 Å². The maximum Gasteiger partial charge on any atom is 0.259 e. The Morgan fingerprint density at radius 2 is 2.05 bits per heavy atom. The van der Waals surface area contributed by atoms with Crippen molar-refractivity contribution in [1.29, 1.82) is 0 Å². The molecular formula is C28H30ClN9O4. The number of carbonyl (C=O) groups is 1. The highest BCUT2D eigenvalue weighted by Crippen LogP contribution is 2.35. The molecule has 4 heterocycles. The quantitative estimate of drug-likeness (QED) is 0.208. The first-order valence-electron chi connectivity index (χ1n) is 13.6. The number of rotatable bonds is 12. The Labute approximate surface area is 246 Å². The molecule has 0 unspecified atom stereocenters. The van der Waals surface area contributed by atoms with Gasteiger partial charge in [-0.3, -0.25) is 9.48 Å². The molecule has 0 aliphatic heterocycles. The lowest BCUT2D eigenvalue weighted by molar-refractivity contribution is 0.00598. The summed E-state index contributed by atoms with van der Waals surface area (Å²) in [7, 11) is 1.60. The molecule has 6 rings (SSSR count). The molecule has 2 N–H and O–H groups in total. The molecule has 0 spiro atoms. The summed E-state index contributed by atoms with van der Waals surface area (Å²) >= 11 is 6.53. The van der Waals surface area contributed by atoms with Gasteiger partial charge in [0, 0.05) is 30.6 Å². The van der Waals surface area contributed by atoms with E-state index in [0.717, 1.165) is 35.1 Å². The molecule has 1 amide bonds. The van der Waals surface area contributed by atoms with Gasteiger partial charge in [0.1, 0.15) is 0 Å². The zero-order valence-corrected chi connectivity index (χ0v) is 23.9. The van der Waals surface area contributed by atoms with Crippen LogP contribution < -0.4 is 5.32 Å². The molecule has 1 aliphatic rings. The van der Waals surface area contributed by atoms with Crippen LogP contribution in [0.3, 0.4) is 0 Å². The number of carbonyl (C=O) groups excluding carboxylic acids is 1. The predicted molar refractivity (Wildman–Crippen MR) is 154 cm³/mol. The fraction of sp³-hybridized carbons (Fsp3) is 0.357. The molecule has 42 heavy (non-hydrogen) atoms. The van der Waals surface area contributed by atoms with E-state index in [1.54, 1.807) is 45.6 Å². The highest BCUT2D eigenvalue weighted by atomic mass is 35.5. The summed E-state index contributed by atoms with van der Waals surface area (Å²) < 4.78 is 13.6. The van der Waals surface area contributed by atoms with Gasteiger partial charge in [0.15, 0.2) is 0 Å². The highest BCUT2D eigenvalue weighted by molar-refractivity contribution is 6.34. The number of nitrogens with one attached hydrogen (secondary N) is 1. The van der Waals surface area contributed by atoms with Crippen molar-refractivity contribution in [1.82, 2.24) is 39.6 Å². The lowest BCUT2D eigenvalue weighted by atomic mass is 10.1. The molecule has 1 aliphatic carbocycles. The summed E-state index contributed by atoms with van der Waals surface area (Å²) in [5.74, 6) is 0.125. The molecule has 1 atom stereocenters. The van der Waals surface area contributed by atoms with Gasteiger partial charge in [-0.25, -0.2) is 4.52 Å². The number of fused-ring (bicyclic) bond motifs is 1. The van der Waals surface area contributed by atoms with Crippen molar-refractivity contribution in [2.75, 3.05) is 32.2 Å². The molecule has 4 aromatic heterocycles. The van der Waals surface area contributed by atoms with Gasteiger partial charge in [-0.2, -0.15) is 15.0 Å². The van der Waals surface area contributed by atoms with Gasteiger partial charge in [0.25, 0.3) is 5.91 Å². The summed E-state index contributed by atoms with van der Waals surface area (Å²) in [6, 6.07) is 7.62. The topological polar surface area (TPSA) is 147 Å². The van der Waals surface area contributed by atoms with Crippen LogP contribution in [0.1, 0.15) is 34.8 Å². The number of benzene rings is 1. The van der Waals surface area contributed by atoms with Crippen molar-refractivity contribution in [3.8, 4) is 22.5 Å². The standard InChI is InChI=1S/C28H30ClN9O4/c1-17-9-24(29)25(11-22(17)27-33-35-38(34-27)20-3-4-20)32-28(40)23-13-31-37-6-5-18(10-26(23)37)19-12-30-36(14-19)15-21(39)16-42-8-7-41-2/h5-6,9-14,20-21,39H,3-4,7-8,15-16H2,1-2H3,(H,32,40)/t21-/m0/s1. The lowest BCUT2D eigenvalue weighted by Gasteiger charge is -2.11. The average Bonchev–Trinajstić information content (AvgIpc) is 3.33. The summed E-state index contributed by atoms with van der Waals surface area (Å²) in [6.07, 6.45) is 8.23. The molecule has 1 saturated carbocycles. The van der Waals surface area contributed by atoms with Gasteiger partial charge in [-0.05, 0) is 60.4 Å². The Morgan fingerprint density at radius 3 is 2.86 bits per heavy atom. The number of ether oxygens (including phenoxy) is 2. The predicted octanol–water partition coefficient (Wildman–Crippen LogP) is 3.42. The average molecular weight is 592 g/mol. The lowest BCUT2D eigenvalue weighted by Crippen LogP contribution is -2.23. The first kappa shape index (κ1) is 28.0. The Hall–Kier alpha value is -4.17. The van der Waals surface area contributed by atoms with Crippen LogP contribution in [-0.2, 0) is 16.0 Å².